The van der Waals surface area contributed by atoms with E-state index in [0.717, 1.165) is 18.6 Å². The Labute approximate surface area is 133 Å². The summed E-state index contributed by atoms with van der Waals surface area (Å²) < 4.78 is 31.6. The number of aryl methyl sites for hydroxylation is 1. The lowest BCUT2D eigenvalue weighted by molar-refractivity contribution is 0.247. The first-order valence-corrected chi connectivity index (χ1v) is 7.30. The summed E-state index contributed by atoms with van der Waals surface area (Å²) in [6, 6.07) is 10.1. The third kappa shape index (κ3) is 5.25. The molecule has 0 aromatic heterocycles. The Hall–Kier alpha value is -2.63. The molecule has 2 rings (SSSR count). The molecule has 0 spiro atoms. The van der Waals surface area contributed by atoms with E-state index >= 15 is 0 Å². The number of halogens is 2. The van der Waals surface area contributed by atoms with Crippen LogP contribution in [0.25, 0.3) is 0 Å². The molecule has 0 saturated heterocycles. The first-order chi connectivity index (χ1) is 11.1. The average Bonchev–Trinajstić information content (AvgIpc) is 2.55. The zero-order chi connectivity index (χ0) is 16.7. The molecule has 0 aliphatic rings. The van der Waals surface area contributed by atoms with Crippen LogP contribution in [0.1, 0.15) is 12.5 Å². The van der Waals surface area contributed by atoms with Gasteiger partial charge in [-0.15, -0.1) is 0 Å². The van der Waals surface area contributed by atoms with Gasteiger partial charge in [0.15, 0.2) is 0 Å². The maximum atomic E-state index is 13.4. The minimum absolute atomic E-state index is 0.0834. The number of carbonyl (C=O) groups is 1. The second kappa shape index (κ2) is 8.12. The molecular formula is C17H18F2N2O2. The van der Waals surface area contributed by atoms with Gasteiger partial charge < -0.3 is 15.4 Å². The second-order valence-corrected chi connectivity index (χ2v) is 4.85. The molecule has 0 heterocycles. The van der Waals surface area contributed by atoms with Gasteiger partial charge in [-0.1, -0.05) is 19.1 Å². The van der Waals surface area contributed by atoms with Gasteiger partial charge >= 0.3 is 6.03 Å². The predicted octanol–water partition coefficient (Wildman–Crippen LogP) is 3.73. The van der Waals surface area contributed by atoms with Crippen LogP contribution in [0, 0.1) is 11.6 Å². The molecule has 0 fully saturated rings. The SMILES string of the molecule is CCc1ccc(OCCNC(=O)Nc2ccc(F)cc2F)cc1. The van der Waals surface area contributed by atoms with Crippen LogP contribution in [-0.2, 0) is 6.42 Å². The summed E-state index contributed by atoms with van der Waals surface area (Å²) in [4.78, 5) is 11.6. The van der Waals surface area contributed by atoms with Crippen molar-refractivity contribution in [1.82, 2.24) is 5.32 Å². The summed E-state index contributed by atoms with van der Waals surface area (Å²) in [5.74, 6) is -0.808. The highest BCUT2D eigenvalue weighted by molar-refractivity contribution is 5.89. The summed E-state index contributed by atoms with van der Waals surface area (Å²) >= 11 is 0. The number of rotatable bonds is 6. The quantitative estimate of drug-likeness (QED) is 0.797. The summed E-state index contributed by atoms with van der Waals surface area (Å²) in [5, 5.41) is 4.83. The zero-order valence-corrected chi connectivity index (χ0v) is 12.7. The van der Waals surface area contributed by atoms with Gasteiger partial charge in [-0.05, 0) is 36.2 Å². The largest absolute Gasteiger partial charge is 0.492 e. The standard InChI is InChI=1S/C17H18F2N2O2/c1-2-12-3-6-14(7-4-12)23-10-9-20-17(22)21-16-8-5-13(18)11-15(16)19/h3-8,11H,2,9-10H2,1H3,(H2,20,21,22). The van der Waals surface area contributed by atoms with E-state index in [2.05, 4.69) is 17.6 Å². The van der Waals surface area contributed by atoms with E-state index in [1.54, 1.807) is 0 Å². The lowest BCUT2D eigenvalue weighted by atomic mass is 10.2. The third-order valence-electron chi connectivity index (χ3n) is 3.17. The molecule has 2 amide bonds. The van der Waals surface area contributed by atoms with Crippen molar-refractivity contribution in [3.8, 4) is 5.75 Å². The van der Waals surface area contributed by atoms with Gasteiger partial charge in [-0.2, -0.15) is 0 Å². The molecule has 4 nitrogen and oxygen atoms in total. The molecule has 122 valence electrons. The molecule has 0 radical (unpaired) electrons. The van der Waals surface area contributed by atoms with Gasteiger partial charge in [-0.3, -0.25) is 0 Å². The van der Waals surface area contributed by atoms with Crippen LogP contribution in [-0.4, -0.2) is 19.2 Å². The van der Waals surface area contributed by atoms with Gasteiger partial charge in [0.05, 0.1) is 12.2 Å². The number of amides is 2. The Kier molecular flexibility index (Phi) is 5.91. The van der Waals surface area contributed by atoms with Crippen molar-refractivity contribution in [3.05, 3.63) is 59.7 Å². The lowest BCUT2D eigenvalue weighted by Crippen LogP contribution is -2.32. The van der Waals surface area contributed by atoms with Crippen LogP contribution in [0.2, 0.25) is 0 Å². The van der Waals surface area contributed by atoms with E-state index in [9.17, 15) is 13.6 Å². The van der Waals surface area contributed by atoms with Crippen LogP contribution >= 0.6 is 0 Å². The van der Waals surface area contributed by atoms with Gasteiger partial charge in [0.25, 0.3) is 0 Å². The minimum atomic E-state index is -0.826. The van der Waals surface area contributed by atoms with Crippen molar-refractivity contribution in [2.24, 2.45) is 0 Å². The predicted molar refractivity (Wildman–Crippen MR) is 84.7 cm³/mol. The number of anilines is 1. The number of benzene rings is 2. The van der Waals surface area contributed by atoms with Crippen molar-refractivity contribution < 1.29 is 18.3 Å². The Morgan fingerprint density at radius 3 is 2.52 bits per heavy atom. The summed E-state index contributed by atoms with van der Waals surface area (Å²) in [5.41, 5.74) is 1.14. The minimum Gasteiger partial charge on any atom is -0.492 e. The van der Waals surface area contributed by atoms with Crippen molar-refractivity contribution in [2.45, 2.75) is 13.3 Å². The van der Waals surface area contributed by atoms with Crippen LogP contribution in [0.5, 0.6) is 5.75 Å². The first kappa shape index (κ1) is 16.7. The third-order valence-corrected chi connectivity index (χ3v) is 3.17. The van der Waals surface area contributed by atoms with Gasteiger partial charge in [0.1, 0.15) is 24.0 Å². The number of hydrogen-bond acceptors (Lipinski definition) is 2. The molecule has 6 heteroatoms. The van der Waals surface area contributed by atoms with Crippen molar-refractivity contribution in [2.75, 3.05) is 18.5 Å². The summed E-state index contributed by atoms with van der Waals surface area (Å²) in [7, 11) is 0. The molecule has 0 bridgehead atoms. The highest BCUT2D eigenvalue weighted by atomic mass is 19.1. The highest BCUT2D eigenvalue weighted by Crippen LogP contribution is 2.14. The molecule has 2 aromatic rings. The number of hydrogen-bond donors (Lipinski definition) is 2. The molecule has 0 atom stereocenters. The first-order valence-electron chi connectivity index (χ1n) is 7.30. The maximum Gasteiger partial charge on any atom is 0.319 e. The number of carbonyl (C=O) groups excluding carboxylic acids is 1. The van der Waals surface area contributed by atoms with E-state index < -0.39 is 17.7 Å². The van der Waals surface area contributed by atoms with Crippen LogP contribution < -0.4 is 15.4 Å². The fourth-order valence-corrected chi connectivity index (χ4v) is 1.91. The summed E-state index contributed by atoms with van der Waals surface area (Å²) in [6.45, 7) is 2.61. The molecule has 23 heavy (non-hydrogen) atoms. The summed E-state index contributed by atoms with van der Waals surface area (Å²) in [6.07, 6.45) is 0.960. The number of ether oxygens (including phenoxy) is 1. The fourth-order valence-electron chi connectivity index (χ4n) is 1.91. The van der Waals surface area contributed by atoms with Crippen LogP contribution in [0.3, 0.4) is 0 Å². The molecule has 0 aliphatic carbocycles. The van der Waals surface area contributed by atoms with E-state index in [1.807, 2.05) is 24.3 Å². The van der Waals surface area contributed by atoms with Crippen molar-refractivity contribution in [1.29, 1.82) is 0 Å². The van der Waals surface area contributed by atoms with E-state index in [4.69, 9.17) is 4.74 Å². The number of nitrogens with one attached hydrogen (secondary N) is 2. The fraction of sp³-hybridized carbons (Fsp3) is 0.235. The van der Waals surface area contributed by atoms with Crippen molar-refractivity contribution in [3.63, 3.8) is 0 Å². The molecule has 0 unspecified atom stereocenters. The zero-order valence-electron chi connectivity index (χ0n) is 12.7. The monoisotopic (exact) mass is 320 g/mol. The van der Waals surface area contributed by atoms with E-state index in [-0.39, 0.29) is 18.8 Å². The Morgan fingerprint density at radius 2 is 1.87 bits per heavy atom. The average molecular weight is 320 g/mol. The Morgan fingerprint density at radius 1 is 1.13 bits per heavy atom. The van der Waals surface area contributed by atoms with Gasteiger partial charge in [0.2, 0.25) is 0 Å². The maximum absolute atomic E-state index is 13.4. The Balaban J connectivity index is 1.72. The molecule has 0 aliphatic heterocycles. The van der Waals surface area contributed by atoms with E-state index in [0.29, 0.717) is 11.8 Å². The lowest BCUT2D eigenvalue weighted by Gasteiger charge is -2.10. The normalized spacial score (nSPS) is 10.2. The van der Waals surface area contributed by atoms with Crippen molar-refractivity contribution >= 4 is 11.7 Å². The van der Waals surface area contributed by atoms with E-state index in [1.165, 1.54) is 5.56 Å². The molecule has 2 aromatic carbocycles. The topological polar surface area (TPSA) is 50.4 Å². The number of urea groups is 1. The van der Waals surface area contributed by atoms with Crippen LogP contribution in [0.15, 0.2) is 42.5 Å². The molecule has 2 N–H and O–H groups in total. The smallest absolute Gasteiger partial charge is 0.319 e. The van der Waals surface area contributed by atoms with Crippen LogP contribution in [0.4, 0.5) is 19.3 Å². The molecule has 0 saturated carbocycles. The second-order valence-electron chi connectivity index (χ2n) is 4.85. The van der Waals surface area contributed by atoms with Gasteiger partial charge in [-0.25, -0.2) is 13.6 Å². The molecular weight excluding hydrogens is 302 g/mol. The van der Waals surface area contributed by atoms with Gasteiger partial charge in [0, 0.05) is 6.07 Å². The highest BCUT2D eigenvalue weighted by Gasteiger charge is 2.07. The Bertz CT molecular complexity index is 660.